The number of nitriles is 1. The van der Waals surface area contributed by atoms with Gasteiger partial charge in [-0.15, -0.1) is 0 Å². The highest BCUT2D eigenvalue weighted by atomic mass is 16.5. The largest absolute Gasteiger partial charge is 0.455 e. The van der Waals surface area contributed by atoms with Crippen LogP contribution in [0.25, 0.3) is 11.1 Å². The summed E-state index contributed by atoms with van der Waals surface area (Å²) in [6.45, 7) is 0. The molecule has 0 fully saturated rings. The van der Waals surface area contributed by atoms with E-state index >= 15 is 0 Å². The van der Waals surface area contributed by atoms with Crippen LogP contribution in [0.4, 0.5) is 0 Å². The topological polar surface area (TPSA) is 69.8 Å². The van der Waals surface area contributed by atoms with Crippen molar-refractivity contribution >= 4 is 11.7 Å². The molecule has 52 heavy (non-hydrogen) atoms. The van der Waals surface area contributed by atoms with Gasteiger partial charge in [-0.05, 0) is 28.3 Å². The molecule has 5 nitrogen and oxygen atoms in total. The smallest absolute Gasteiger partial charge is 0.169 e. The van der Waals surface area contributed by atoms with Gasteiger partial charge in [0.05, 0.1) is 11.0 Å². The molecule has 0 amide bonds. The number of allylic oxidation sites excluding steroid dienone is 4. The van der Waals surface area contributed by atoms with Gasteiger partial charge in [0.25, 0.3) is 0 Å². The fourth-order valence-electron chi connectivity index (χ4n) is 8.69. The zero-order chi connectivity index (χ0) is 34.6. The highest BCUT2D eigenvalue weighted by molar-refractivity contribution is 6.16. The van der Waals surface area contributed by atoms with Crippen molar-refractivity contribution in [3.8, 4) is 28.7 Å². The maximum absolute atomic E-state index is 10.3. The van der Waals surface area contributed by atoms with Gasteiger partial charge in [-0.3, -0.25) is 0 Å². The summed E-state index contributed by atoms with van der Waals surface area (Å²) in [5, 5.41) is 13.9. The van der Waals surface area contributed by atoms with E-state index in [-0.39, 0.29) is 18.0 Å². The minimum Gasteiger partial charge on any atom is -0.455 e. The Labute approximate surface area is 302 Å². The second-order valence-electron chi connectivity index (χ2n) is 13.6. The molecule has 4 aliphatic rings. The van der Waals surface area contributed by atoms with Gasteiger partial charge in [0.15, 0.2) is 6.17 Å². The lowest BCUT2D eigenvalue weighted by Crippen LogP contribution is -2.38. The second-order valence-corrected chi connectivity index (χ2v) is 13.6. The second kappa shape index (κ2) is 11.9. The molecule has 0 saturated heterocycles. The monoisotopic (exact) mass is 668 g/mol. The Morgan fingerprint density at radius 2 is 1.19 bits per heavy atom. The minimum atomic E-state index is -0.533. The zero-order valence-electron chi connectivity index (χ0n) is 28.1. The number of para-hydroxylation sites is 2. The zero-order valence-corrected chi connectivity index (χ0v) is 28.1. The highest BCUT2D eigenvalue weighted by Crippen LogP contribution is 2.65. The van der Waals surface area contributed by atoms with Crippen LogP contribution in [-0.4, -0.2) is 11.7 Å². The number of fused-ring (bicyclic) bond motifs is 9. The third-order valence-corrected chi connectivity index (χ3v) is 10.9. The first-order valence-corrected chi connectivity index (χ1v) is 17.7. The van der Waals surface area contributed by atoms with Gasteiger partial charge in [0, 0.05) is 39.7 Å². The van der Waals surface area contributed by atoms with Crippen molar-refractivity contribution in [3.63, 3.8) is 0 Å². The molecular formula is C47H32N4O. The van der Waals surface area contributed by atoms with E-state index in [0.29, 0.717) is 11.3 Å². The number of hydrogen-bond donors (Lipinski definition) is 1. The molecule has 1 N–H and O–H groups in total. The van der Waals surface area contributed by atoms with Crippen LogP contribution in [0.5, 0.6) is 11.5 Å². The Hall–Kier alpha value is -6.77. The summed E-state index contributed by atoms with van der Waals surface area (Å²) in [5.41, 5.74) is 9.73. The molecular weight excluding hydrogens is 637 g/mol. The predicted octanol–water partition coefficient (Wildman–Crippen LogP) is 10.0. The number of benzene rings is 6. The molecule has 4 atom stereocenters. The fraction of sp³-hybridized carbons (Fsp3) is 0.0851. The Morgan fingerprint density at radius 1 is 0.577 bits per heavy atom. The number of ether oxygens (including phenoxy) is 1. The van der Waals surface area contributed by atoms with Crippen LogP contribution in [-0.2, 0) is 5.41 Å². The summed E-state index contributed by atoms with van der Waals surface area (Å²) in [6, 6.07) is 52.6. The van der Waals surface area contributed by atoms with E-state index in [1.54, 1.807) is 0 Å². The molecule has 1 spiro atoms. The van der Waals surface area contributed by atoms with Crippen LogP contribution < -0.4 is 10.1 Å². The maximum Gasteiger partial charge on any atom is 0.169 e. The first kappa shape index (κ1) is 30.1. The standard InChI is InChI=1S/C47H32N4O/c48-29-34-17-11-23-40-42(34)52-43-35(20-12-24-41(43)47(40)38-21-9-7-18-36(38)37-19-8-10-22-39(37)47)30-25-27-33(28-26-30)46-50-44(31-13-3-1-4-14-31)49-45(51-46)32-15-5-2-6-16-32/h1-28,36,38,44H,(H,49,50,51). The lowest BCUT2D eigenvalue weighted by Gasteiger charge is -2.43. The number of hydrogen-bond acceptors (Lipinski definition) is 5. The van der Waals surface area contributed by atoms with E-state index in [4.69, 9.17) is 14.7 Å². The van der Waals surface area contributed by atoms with E-state index in [9.17, 15) is 5.26 Å². The molecule has 0 radical (unpaired) electrons. The van der Waals surface area contributed by atoms with Gasteiger partial charge >= 0.3 is 0 Å². The quantitative estimate of drug-likeness (QED) is 0.203. The maximum atomic E-state index is 10.3. The van der Waals surface area contributed by atoms with Crippen molar-refractivity contribution in [2.45, 2.75) is 17.5 Å². The molecule has 5 heteroatoms. The van der Waals surface area contributed by atoms with E-state index in [2.05, 4.69) is 133 Å². The third kappa shape index (κ3) is 4.48. The minimum absolute atomic E-state index is 0.122. The van der Waals surface area contributed by atoms with Crippen molar-refractivity contribution in [3.05, 3.63) is 214 Å². The number of rotatable bonds is 4. The van der Waals surface area contributed by atoms with Crippen molar-refractivity contribution in [1.29, 1.82) is 5.26 Å². The Kier molecular flexibility index (Phi) is 6.90. The molecule has 0 bridgehead atoms. The van der Waals surface area contributed by atoms with E-state index < -0.39 is 5.41 Å². The summed E-state index contributed by atoms with van der Waals surface area (Å²) in [6.07, 6.45) is 8.62. The summed E-state index contributed by atoms with van der Waals surface area (Å²) in [7, 11) is 0. The SMILES string of the molecule is N#Cc1cccc2c1Oc1c(-c3ccc(C4=NC(c5ccccc5)N=C(c5ccccc5)N4)cc3)cccc1C21c2ccccc2C2C=CC=CC21. The lowest BCUT2D eigenvalue weighted by molar-refractivity contribution is 0.374. The number of nitrogens with one attached hydrogen (secondary N) is 1. The molecule has 0 aromatic heterocycles. The Balaban J connectivity index is 1.10. The summed E-state index contributed by atoms with van der Waals surface area (Å²) < 4.78 is 6.92. The van der Waals surface area contributed by atoms with Gasteiger partial charge in [0.1, 0.15) is 29.2 Å². The number of aliphatic imine (C=N–C) groups is 2. The molecule has 6 aromatic rings. The average Bonchev–Trinajstić information content (AvgIpc) is 3.52. The molecule has 0 saturated carbocycles. The molecule has 2 heterocycles. The van der Waals surface area contributed by atoms with Crippen LogP contribution in [0, 0.1) is 17.2 Å². The van der Waals surface area contributed by atoms with Gasteiger partial charge in [-0.2, -0.15) is 5.26 Å². The van der Waals surface area contributed by atoms with E-state index in [1.807, 2.05) is 48.5 Å². The van der Waals surface area contributed by atoms with Crippen LogP contribution in [0.15, 0.2) is 180 Å². The van der Waals surface area contributed by atoms with E-state index in [1.165, 1.54) is 11.1 Å². The number of nitrogens with zero attached hydrogens (tertiary/aromatic N) is 3. The predicted molar refractivity (Wildman–Crippen MR) is 206 cm³/mol. The molecule has 6 aromatic carbocycles. The lowest BCUT2D eigenvalue weighted by atomic mass is 9.61. The van der Waals surface area contributed by atoms with Gasteiger partial charge in [-0.1, -0.05) is 164 Å². The normalized spacial score (nSPS) is 21.7. The first-order chi connectivity index (χ1) is 25.7. The van der Waals surface area contributed by atoms with Crippen molar-refractivity contribution in [1.82, 2.24) is 5.32 Å². The average molecular weight is 669 g/mol. The molecule has 2 aliphatic carbocycles. The van der Waals surface area contributed by atoms with Crippen LogP contribution in [0.1, 0.15) is 56.6 Å². The van der Waals surface area contributed by atoms with Gasteiger partial charge in [-0.25, -0.2) is 9.98 Å². The van der Waals surface area contributed by atoms with E-state index in [0.717, 1.165) is 56.4 Å². The molecule has 2 aliphatic heterocycles. The van der Waals surface area contributed by atoms with Crippen molar-refractivity contribution in [2.24, 2.45) is 15.9 Å². The van der Waals surface area contributed by atoms with Crippen LogP contribution in [0.2, 0.25) is 0 Å². The summed E-state index contributed by atoms with van der Waals surface area (Å²) in [5.74, 6) is 3.31. The van der Waals surface area contributed by atoms with Crippen molar-refractivity contribution in [2.75, 3.05) is 0 Å². The first-order valence-electron chi connectivity index (χ1n) is 17.7. The van der Waals surface area contributed by atoms with Gasteiger partial charge < -0.3 is 10.1 Å². The third-order valence-electron chi connectivity index (χ3n) is 10.9. The molecule has 10 rings (SSSR count). The van der Waals surface area contributed by atoms with Gasteiger partial charge in [0.2, 0.25) is 0 Å². The van der Waals surface area contributed by atoms with Crippen LogP contribution >= 0.6 is 0 Å². The molecule has 246 valence electrons. The highest BCUT2D eigenvalue weighted by Gasteiger charge is 2.57. The van der Waals surface area contributed by atoms with Crippen molar-refractivity contribution < 1.29 is 4.74 Å². The molecule has 4 unspecified atom stereocenters. The Morgan fingerprint density at radius 3 is 1.96 bits per heavy atom. The summed E-state index contributed by atoms with van der Waals surface area (Å²) in [4.78, 5) is 10.1. The number of amidine groups is 2. The fourth-order valence-corrected chi connectivity index (χ4v) is 8.69. The van der Waals surface area contributed by atoms with Crippen LogP contribution in [0.3, 0.4) is 0 Å². The Bertz CT molecular complexity index is 2540. The summed E-state index contributed by atoms with van der Waals surface area (Å²) >= 11 is 0.